The van der Waals surface area contributed by atoms with Gasteiger partial charge in [-0.3, -0.25) is 4.79 Å². The Balaban J connectivity index is 2.04. The van der Waals surface area contributed by atoms with Gasteiger partial charge in [-0.2, -0.15) is 0 Å². The third kappa shape index (κ3) is 5.60. The molecule has 0 saturated carbocycles. The third-order valence-electron chi connectivity index (χ3n) is 4.39. The highest BCUT2D eigenvalue weighted by Gasteiger charge is 2.11. The average molecular weight is 355 g/mol. The molecule has 6 heteroatoms. The van der Waals surface area contributed by atoms with Crippen LogP contribution in [0.2, 0.25) is 0 Å². The van der Waals surface area contributed by atoms with E-state index in [0.717, 1.165) is 25.2 Å². The van der Waals surface area contributed by atoms with Gasteiger partial charge in [0.2, 0.25) is 0 Å². The number of benzene rings is 2. The zero-order valence-electron chi connectivity index (χ0n) is 15.3. The number of carbonyl (C=O) groups excluding carboxylic acids is 2. The standard InChI is InChI=1S/C20H26N4O2/c1-3-24(4-2)14-17-9-6-5-8-16(17)13-22-19(25)15-10-7-11-18(12-15)23-20(21)26/h5-12H,3-4,13-14H2,1-2H3,(H,22,25)(H3,21,23,26)/p+1. The van der Waals surface area contributed by atoms with Crippen LogP contribution in [-0.4, -0.2) is 25.0 Å². The van der Waals surface area contributed by atoms with Crippen LogP contribution < -0.4 is 21.3 Å². The smallest absolute Gasteiger partial charge is 0.316 e. The Bertz CT molecular complexity index is 757. The number of hydrogen-bond donors (Lipinski definition) is 4. The molecular formula is C20H27N4O2+. The number of hydrogen-bond acceptors (Lipinski definition) is 2. The van der Waals surface area contributed by atoms with E-state index in [1.54, 1.807) is 24.3 Å². The van der Waals surface area contributed by atoms with Crippen molar-refractivity contribution in [3.63, 3.8) is 0 Å². The number of nitrogens with one attached hydrogen (secondary N) is 3. The summed E-state index contributed by atoms with van der Waals surface area (Å²) in [6, 6.07) is 14.2. The minimum absolute atomic E-state index is 0.192. The quantitative estimate of drug-likeness (QED) is 0.579. The molecular weight excluding hydrogens is 328 g/mol. The fourth-order valence-electron chi connectivity index (χ4n) is 2.83. The van der Waals surface area contributed by atoms with E-state index >= 15 is 0 Å². The van der Waals surface area contributed by atoms with Crippen molar-refractivity contribution in [3.05, 3.63) is 65.2 Å². The molecule has 3 amide bonds. The number of urea groups is 1. The molecule has 0 saturated heterocycles. The molecule has 2 rings (SSSR count). The van der Waals surface area contributed by atoms with Crippen LogP contribution in [0, 0.1) is 0 Å². The van der Waals surface area contributed by atoms with Crippen LogP contribution in [0.1, 0.15) is 35.3 Å². The van der Waals surface area contributed by atoms with Crippen molar-refractivity contribution in [2.75, 3.05) is 18.4 Å². The van der Waals surface area contributed by atoms with Gasteiger partial charge in [0.25, 0.3) is 5.91 Å². The number of amides is 3. The van der Waals surface area contributed by atoms with Crippen molar-refractivity contribution in [1.29, 1.82) is 0 Å². The minimum atomic E-state index is -0.657. The monoisotopic (exact) mass is 355 g/mol. The van der Waals surface area contributed by atoms with Gasteiger partial charge in [-0.05, 0) is 37.6 Å². The average Bonchev–Trinajstić information content (AvgIpc) is 2.64. The maximum absolute atomic E-state index is 12.4. The SMILES string of the molecule is CC[NH+](CC)Cc1ccccc1CNC(=O)c1cccc(NC(N)=O)c1. The molecule has 0 unspecified atom stereocenters. The first kappa shape index (κ1) is 19.5. The van der Waals surface area contributed by atoms with Crippen molar-refractivity contribution in [2.24, 2.45) is 5.73 Å². The molecule has 0 aromatic heterocycles. The van der Waals surface area contributed by atoms with Crippen LogP contribution in [0.3, 0.4) is 0 Å². The zero-order valence-corrected chi connectivity index (χ0v) is 15.3. The van der Waals surface area contributed by atoms with E-state index in [4.69, 9.17) is 5.73 Å². The van der Waals surface area contributed by atoms with Gasteiger partial charge in [0.15, 0.2) is 0 Å². The topological polar surface area (TPSA) is 88.7 Å². The second kappa shape index (κ2) is 9.58. The van der Waals surface area contributed by atoms with Crippen molar-refractivity contribution >= 4 is 17.6 Å². The van der Waals surface area contributed by atoms with Crippen LogP contribution in [0.25, 0.3) is 0 Å². The van der Waals surface area contributed by atoms with Crippen molar-refractivity contribution in [3.8, 4) is 0 Å². The highest BCUT2D eigenvalue weighted by atomic mass is 16.2. The van der Waals surface area contributed by atoms with Gasteiger partial charge in [-0.1, -0.05) is 30.3 Å². The summed E-state index contributed by atoms with van der Waals surface area (Å²) in [5, 5.41) is 5.43. The Morgan fingerprint density at radius 2 is 1.69 bits per heavy atom. The molecule has 138 valence electrons. The lowest BCUT2D eigenvalue weighted by Crippen LogP contribution is -3.10. The second-order valence-electron chi connectivity index (χ2n) is 6.16. The molecule has 2 aromatic rings. The van der Waals surface area contributed by atoms with E-state index in [1.165, 1.54) is 10.5 Å². The Hall–Kier alpha value is -2.86. The van der Waals surface area contributed by atoms with E-state index in [2.05, 4.69) is 30.5 Å². The molecule has 0 aliphatic heterocycles. The Morgan fingerprint density at radius 1 is 1.00 bits per heavy atom. The number of carbonyl (C=O) groups is 2. The predicted molar refractivity (Wildman–Crippen MR) is 103 cm³/mol. The van der Waals surface area contributed by atoms with Gasteiger partial charge in [0.1, 0.15) is 6.54 Å². The second-order valence-corrected chi connectivity index (χ2v) is 6.16. The lowest BCUT2D eigenvalue weighted by molar-refractivity contribution is -0.910. The first-order valence-corrected chi connectivity index (χ1v) is 8.88. The highest BCUT2D eigenvalue weighted by molar-refractivity contribution is 5.96. The van der Waals surface area contributed by atoms with Crippen molar-refractivity contribution in [2.45, 2.75) is 26.9 Å². The summed E-state index contributed by atoms with van der Waals surface area (Å²) in [6.45, 7) is 7.89. The number of anilines is 1. The van der Waals surface area contributed by atoms with Crippen molar-refractivity contribution < 1.29 is 14.5 Å². The van der Waals surface area contributed by atoms with Crippen LogP contribution in [0.15, 0.2) is 48.5 Å². The van der Waals surface area contributed by atoms with E-state index in [9.17, 15) is 9.59 Å². The first-order chi connectivity index (χ1) is 12.5. The van der Waals surface area contributed by atoms with Crippen LogP contribution in [-0.2, 0) is 13.1 Å². The van der Waals surface area contributed by atoms with Gasteiger partial charge >= 0.3 is 6.03 Å². The number of nitrogens with two attached hydrogens (primary N) is 1. The lowest BCUT2D eigenvalue weighted by Gasteiger charge is -2.18. The summed E-state index contributed by atoms with van der Waals surface area (Å²) >= 11 is 0. The summed E-state index contributed by atoms with van der Waals surface area (Å²) in [5.74, 6) is -0.192. The van der Waals surface area contributed by atoms with Crippen LogP contribution in [0.5, 0.6) is 0 Å². The maximum Gasteiger partial charge on any atom is 0.316 e. The summed E-state index contributed by atoms with van der Waals surface area (Å²) in [6.07, 6.45) is 0. The molecule has 0 radical (unpaired) electrons. The molecule has 0 aliphatic carbocycles. The lowest BCUT2D eigenvalue weighted by atomic mass is 10.1. The van der Waals surface area contributed by atoms with E-state index in [0.29, 0.717) is 17.8 Å². The van der Waals surface area contributed by atoms with E-state index in [1.807, 2.05) is 18.2 Å². The van der Waals surface area contributed by atoms with E-state index < -0.39 is 6.03 Å². The Labute approximate surface area is 154 Å². The normalized spacial score (nSPS) is 10.6. The molecule has 0 bridgehead atoms. The first-order valence-electron chi connectivity index (χ1n) is 8.88. The molecule has 0 aliphatic rings. The molecule has 5 N–H and O–H groups in total. The number of primary amides is 1. The molecule has 2 aromatic carbocycles. The molecule has 0 heterocycles. The highest BCUT2D eigenvalue weighted by Crippen LogP contribution is 2.12. The molecule has 6 nitrogen and oxygen atoms in total. The number of rotatable bonds is 8. The maximum atomic E-state index is 12.4. The van der Waals surface area contributed by atoms with Gasteiger partial charge in [0, 0.05) is 23.4 Å². The summed E-state index contributed by atoms with van der Waals surface area (Å²) in [7, 11) is 0. The van der Waals surface area contributed by atoms with Gasteiger partial charge < -0.3 is 21.3 Å². The number of quaternary nitrogens is 1. The summed E-state index contributed by atoms with van der Waals surface area (Å²) < 4.78 is 0. The van der Waals surface area contributed by atoms with E-state index in [-0.39, 0.29) is 5.91 Å². The Morgan fingerprint density at radius 3 is 2.35 bits per heavy atom. The molecule has 26 heavy (non-hydrogen) atoms. The van der Waals surface area contributed by atoms with Crippen molar-refractivity contribution in [1.82, 2.24) is 5.32 Å². The van der Waals surface area contributed by atoms with Gasteiger partial charge in [0.05, 0.1) is 13.1 Å². The minimum Gasteiger partial charge on any atom is -0.351 e. The predicted octanol–water partition coefficient (Wildman–Crippen LogP) is 1.53. The molecule has 0 fully saturated rings. The zero-order chi connectivity index (χ0) is 18.9. The largest absolute Gasteiger partial charge is 0.351 e. The fourth-order valence-corrected chi connectivity index (χ4v) is 2.83. The van der Waals surface area contributed by atoms with Gasteiger partial charge in [-0.15, -0.1) is 0 Å². The fraction of sp³-hybridized carbons (Fsp3) is 0.300. The summed E-state index contributed by atoms with van der Waals surface area (Å²) in [5.41, 5.74) is 8.45. The Kier molecular flexibility index (Phi) is 7.17. The molecule has 0 spiro atoms. The third-order valence-corrected chi connectivity index (χ3v) is 4.39. The van der Waals surface area contributed by atoms with Gasteiger partial charge in [-0.25, -0.2) is 4.79 Å². The summed E-state index contributed by atoms with van der Waals surface area (Å²) in [4.78, 5) is 24.9. The van der Waals surface area contributed by atoms with Crippen LogP contribution in [0.4, 0.5) is 10.5 Å². The molecule has 0 atom stereocenters. The van der Waals surface area contributed by atoms with Crippen LogP contribution >= 0.6 is 0 Å².